The number of carbonyl (C=O) groups excluding carboxylic acids is 2. The summed E-state index contributed by atoms with van der Waals surface area (Å²) in [6.45, 7) is 5.37. The molecule has 0 saturated heterocycles. The first kappa shape index (κ1) is 21.5. The van der Waals surface area contributed by atoms with Crippen molar-refractivity contribution in [2.75, 3.05) is 7.11 Å². The van der Waals surface area contributed by atoms with Crippen LogP contribution in [0.25, 0.3) is 5.69 Å². The SMILES string of the molecule is COC(=O)C(CC(C)C)NC(=O)c1cnn(-c2cccc(C(F)(F)F)c2)c1C. The third-order valence-electron chi connectivity index (χ3n) is 4.17. The molecule has 1 N–H and O–H groups in total. The van der Waals surface area contributed by atoms with Gasteiger partial charge in [0.05, 0.1) is 35.8 Å². The summed E-state index contributed by atoms with van der Waals surface area (Å²) in [6, 6.07) is 3.83. The van der Waals surface area contributed by atoms with Gasteiger partial charge in [-0.1, -0.05) is 19.9 Å². The lowest BCUT2D eigenvalue weighted by Gasteiger charge is -2.18. The number of methoxy groups -OCH3 is 1. The molecule has 1 aromatic carbocycles. The second-order valence-corrected chi connectivity index (χ2v) is 6.78. The molecule has 9 heteroatoms. The van der Waals surface area contributed by atoms with Gasteiger partial charge in [-0.15, -0.1) is 0 Å². The maximum atomic E-state index is 12.9. The molecule has 0 spiro atoms. The molecule has 1 unspecified atom stereocenters. The Balaban J connectivity index is 2.29. The van der Waals surface area contributed by atoms with Gasteiger partial charge in [0.1, 0.15) is 6.04 Å². The van der Waals surface area contributed by atoms with Crippen molar-refractivity contribution in [2.24, 2.45) is 5.92 Å². The molecule has 0 bridgehead atoms. The van der Waals surface area contributed by atoms with E-state index in [0.717, 1.165) is 12.1 Å². The quantitative estimate of drug-likeness (QED) is 0.757. The molecule has 0 aliphatic carbocycles. The fourth-order valence-corrected chi connectivity index (χ4v) is 2.77. The van der Waals surface area contributed by atoms with Crippen molar-refractivity contribution < 1.29 is 27.5 Å². The summed E-state index contributed by atoms with van der Waals surface area (Å²) in [4.78, 5) is 24.5. The van der Waals surface area contributed by atoms with Gasteiger partial charge < -0.3 is 10.1 Å². The Morgan fingerprint density at radius 2 is 1.96 bits per heavy atom. The van der Waals surface area contributed by atoms with Crippen molar-refractivity contribution in [1.82, 2.24) is 15.1 Å². The number of carbonyl (C=O) groups is 2. The predicted octanol–water partition coefficient (Wildman–Crippen LogP) is 3.52. The van der Waals surface area contributed by atoms with Crippen molar-refractivity contribution in [3.05, 3.63) is 47.3 Å². The Bertz CT molecular complexity index is 860. The molecule has 1 amide bonds. The number of nitrogens with zero attached hydrogens (tertiary/aromatic N) is 2. The number of rotatable bonds is 6. The van der Waals surface area contributed by atoms with E-state index in [-0.39, 0.29) is 17.2 Å². The van der Waals surface area contributed by atoms with Crippen molar-refractivity contribution >= 4 is 11.9 Å². The van der Waals surface area contributed by atoms with Gasteiger partial charge in [0.2, 0.25) is 0 Å². The fraction of sp³-hybridized carbons (Fsp3) is 0.421. The zero-order valence-corrected chi connectivity index (χ0v) is 16.0. The number of esters is 1. The van der Waals surface area contributed by atoms with Crippen LogP contribution in [0.5, 0.6) is 0 Å². The smallest absolute Gasteiger partial charge is 0.416 e. The molecular formula is C19H22F3N3O3. The van der Waals surface area contributed by atoms with Gasteiger partial charge in [-0.25, -0.2) is 9.48 Å². The normalized spacial score (nSPS) is 12.7. The first-order chi connectivity index (χ1) is 13.0. The van der Waals surface area contributed by atoms with Gasteiger partial charge in [0.25, 0.3) is 5.91 Å². The largest absolute Gasteiger partial charge is 0.467 e. The number of hydrogen-bond acceptors (Lipinski definition) is 4. The van der Waals surface area contributed by atoms with E-state index in [1.54, 1.807) is 6.92 Å². The number of ether oxygens (including phenoxy) is 1. The highest BCUT2D eigenvalue weighted by Crippen LogP contribution is 2.30. The third kappa shape index (κ3) is 4.90. The molecule has 152 valence electrons. The number of alkyl halides is 3. The van der Waals surface area contributed by atoms with Gasteiger partial charge in [0.15, 0.2) is 0 Å². The molecule has 2 aromatic rings. The lowest BCUT2D eigenvalue weighted by molar-refractivity contribution is -0.143. The molecule has 0 fully saturated rings. The maximum absolute atomic E-state index is 12.9. The Labute approximate surface area is 160 Å². The number of halogens is 3. The highest BCUT2D eigenvalue weighted by molar-refractivity contribution is 5.97. The van der Waals surface area contributed by atoms with Gasteiger partial charge in [-0.05, 0) is 37.5 Å². The van der Waals surface area contributed by atoms with E-state index in [1.807, 2.05) is 13.8 Å². The zero-order valence-electron chi connectivity index (χ0n) is 16.0. The Hall–Kier alpha value is -2.84. The average molecular weight is 397 g/mol. The minimum absolute atomic E-state index is 0.137. The number of aromatic nitrogens is 2. The molecule has 0 aliphatic heterocycles. The standard InChI is InChI=1S/C19H22F3N3O3/c1-11(2)8-16(18(27)28-4)24-17(26)15-10-23-25(12(15)3)14-7-5-6-13(9-14)19(20,21)22/h5-7,9-11,16H,8H2,1-4H3,(H,24,26). The molecule has 0 aliphatic rings. The molecule has 0 saturated carbocycles. The molecule has 28 heavy (non-hydrogen) atoms. The number of nitrogens with one attached hydrogen (secondary N) is 1. The first-order valence-corrected chi connectivity index (χ1v) is 8.65. The zero-order chi connectivity index (χ0) is 21.1. The first-order valence-electron chi connectivity index (χ1n) is 8.65. The van der Waals surface area contributed by atoms with Crippen LogP contribution in [-0.4, -0.2) is 34.8 Å². The maximum Gasteiger partial charge on any atom is 0.416 e. The summed E-state index contributed by atoms with van der Waals surface area (Å²) >= 11 is 0. The molecule has 6 nitrogen and oxygen atoms in total. The Morgan fingerprint density at radius 1 is 1.29 bits per heavy atom. The van der Waals surface area contributed by atoms with Crippen LogP contribution in [-0.2, 0) is 15.7 Å². The lowest BCUT2D eigenvalue weighted by Crippen LogP contribution is -2.42. The van der Waals surface area contributed by atoms with Crippen LogP contribution in [0.4, 0.5) is 13.2 Å². The molecule has 2 rings (SSSR count). The second-order valence-electron chi connectivity index (χ2n) is 6.78. The lowest BCUT2D eigenvalue weighted by atomic mass is 10.0. The van der Waals surface area contributed by atoms with Crippen molar-refractivity contribution in [3.8, 4) is 5.69 Å². The molecule has 1 heterocycles. The summed E-state index contributed by atoms with van der Waals surface area (Å²) in [5.74, 6) is -0.977. The summed E-state index contributed by atoms with van der Waals surface area (Å²) in [6.07, 6.45) is -2.84. The Kier molecular flexibility index (Phi) is 6.48. The van der Waals surface area contributed by atoms with Gasteiger partial charge in [-0.3, -0.25) is 4.79 Å². The minimum Gasteiger partial charge on any atom is -0.467 e. The van der Waals surface area contributed by atoms with E-state index in [9.17, 15) is 22.8 Å². The van der Waals surface area contributed by atoms with Crippen LogP contribution in [0.3, 0.4) is 0 Å². The van der Waals surface area contributed by atoms with Crippen molar-refractivity contribution in [2.45, 2.75) is 39.4 Å². The van der Waals surface area contributed by atoms with E-state index in [0.29, 0.717) is 12.1 Å². The van der Waals surface area contributed by atoms with Crippen LogP contribution in [0, 0.1) is 12.8 Å². The summed E-state index contributed by atoms with van der Waals surface area (Å²) in [7, 11) is 1.23. The van der Waals surface area contributed by atoms with Gasteiger partial charge in [0, 0.05) is 0 Å². The van der Waals surface area contributed by atoms with Crippen LogP contribution < -0.4 is 5.32 Å². The monoisotopic (exact) mass is 397 g/mol. The third-order valence-corrected chi connectivity index (χ3v) is 4.17. The van der Waals surface area contributed by atoms with E-state index in [1.165, 1.54) is 30.1 Å². The molecule has 0 radical (unpaired) electrons. The van der Waals surface area contributed by atoms with Gasteiger partial charge in [-0.2, -0.15) is 18.3 Å². The predicted molar refractivity (Wildman–Crippen MR) is 96.0 cm³/mol. The Morgan fingerprint density at radius 3 is 2.54 bits per heavy atom. The summed E-state index contributed by atoms with van der Waals surface area (Å²) in [5, 5.41) is 6.65. The van der Waals surface area contributed by atoms with E-state index in [4.69, 9.17) is 4.74 Å². The van der Waals surface area contributed by atoms with Gasteiger partial charge >= 0.3 is 12.1 Å². The number of benzene rings is 1. The summed E-state index contributed by atoms with van der Waals surface area (Å²) in [5.41, 5.74) is -0.119. The van der Waals surface area contributed by atoms with Crippen LogP contribution in [0.15, 0.2) is 30.5 Å². The average Bonchev–Trinajstić information content (AvgIpc) is 3.01. The van der Waals surface area contributed by atoms with Crippen molar-refractivity contribution in [1.29, 1.82) is 0 Å². The van der Waals surface area contributed by atoms with E-state index in [2.05, 4.69) is 10.4 Å². The second kappa shape index (κ2) is 8.45. The van der Waals surface area contributed by atoms with Crippen LogP contribution in [0.1, 0.15) is 41.9 Å². The van der Waals surface area contributed by atoms with Crippen molar-refractivity contribution in [3.63, 3.8) is 0 Å². The highest BCUT2D eigenvalue weighted by atomic mass is 19.4. The van der Waals surface area contributed by atoms with E-state index < -0.39 is 29.7 Å². The molecule has 1 aromatic heterocycles. The summed E-state index contributed by atoms with van der Waals surface area (Å²) < 4.78 is 44.8. The molecular weight excluding hydrogens is 375 g/mol. The van der Waals surface area contributed by atoms with Crippen LogP contribution in [0.2, 0.25) is 0 Å². The number of amides is 1. The highest BCUT2D eigenvalue weighted by Gasteiger charge is 2.31. The fourth-order valence-electron chi connectivity index (χ4n) is 2.77. The van der Waals surface area contributed by atoms with Crippen LogP contribution >= 0.6 is 0 Å². The minimum atomic E-state index is -4.48. The molecule has 1 atom stereocenters. The number of hydrogen-bond donors (Lipinski definition) is 1. The topological polar surface area (TPSA) is 73.2 Å². The van der Waals surface area contributed by atoms with E-state index >= 15 is 0 Å².